The van der Waals surface area contributed by atoms with E-state index in [-0.39, 0.29) is 0 Å². The van der Waals surface area contributed by atoms with Gasteiger partial charge >= 0.3 is 35.1 Å². The molecular formula is C43H39IOP2Pd+2. The third-order valence-corrected chi connectivity index (χ3v) is 12.7. The van der Waals surface area contributed by atoms with Crippen LogP contribution in [0.4, 0.5) is 0 Å². The van der Waals surface area contributed by atoms with Crippen LogP contribution in [-0.2, 0) is 15.6 Å². The van der Waals surface area contributed by atoms with Gasteiger partial charge in [0.05, 0.1) is 23.0 Å². The van der Waals surface area contributed by atoms with Crippen molar-refractivity contribution in [3.8, 4) is 5.75 Å². The van der Waals surface area contributed by atoms with E-state index in [4.69, 9.17) is 4.74 Å². The number of hydrogen-bond acceptors (Lipinski definition) is 1. The zero-order chi connectivity index (χ0) is 33.7. The van der Waals surface area contributed by atoms with Crippen LogP contribution in [0.3, 0.4) is 0 Å². The van der Waals surface area contributed by atoms with Crippen LogP contribution < -0.4 is 36.6 Å². The molecule has 7 aromatic rings. The van der Waals surface area contributed by atoms with E-state index in [1.165, 1.54) is 31.8 Å². The zero-order valence-corrected chi connectivity index (χ0v) is 32.4. The largest absolute Gasteiger partial charge is 0.102 e. The van der Waals surface area contributed by atoms with Gasteiger partial charge in [-0.25, -0.2) is 0 Å². The Hall–Kier alpha value is -3.41. The summed E-state index contributed by atoms with van der Waals surface area (Å²) in [5.74, 6) is 0.785. The van der Waals surface area contributed by atoms with E-state index >= 15 is 0 Å². The second-order valence-electron chi connectivity index (χ2n) is 10.4. The van der Waals surface area contributed by atoms with E-state index < -0.39 is 15.8 Å². The van der Waals surface area contributed by atoms with Gasteiger partial charge in [0.1, 0.15) is 31.8 Å². The quantitative estimate of drug-likeness (QED) is 0.0675. The van der Waals surface area contributed by atoms with Crippen LogP contribution in [0.5, 0.6) is 5.75 Å². The molecule has 0 heterocycles. The Bertz CT molecular complexity index is 1490. The average Bonchev–Trinajstić information content (AvgIpc) is 3.19. The fraction of sp³-hybridized carbons (Fsp3) is 0.0233. The first kappa shape index (κ1) is 37.4. The molecule has 0 N–H and O–H groups in total. The van der Waals surface area contributed by atoms with E-state index in [0.717, 1.165) is 5.75 Å². The summed E-state index contributed by atoms with van der Waals surface area (Å²) in [7, 11) is -0.124. The van der Waals surface area contributed by atoms with Crippen molar-refractivity contribution in [3.63, 3.8) is 0 Å². The Balaban J connectivity index is 0.000000170. The first-order chi connectivity index (χ1) is 23.8. The van der Waals surface area contributed by atoms with E-state index in [0.29, 0.717) is 0 Å². The smallest absolute Gasteiger partial charge is 0.0620 e. The SMILES string of the molecule is COc1[c-]cccc1.[Pd+][I].c1ccc([PH+](c2ccccc2)c2ccccc2)cc1.c1ccc([PH+](c2ccccc2)c2ccccc2)cc1. The number of benzene rings is 7. The number of halogens is 1. The van der Waals surface area contributed by atoms with Gasteiger partial charge < -0.3 is 4.74 Å². The molecular weight excluding hydrogens is 828 g/mol. The summed E-state index contributed by atoms with van der Waals surface area (Å²) in [5, 5.41) is 8.61. The molecule has 0 spiro atoms. The Morgan fingerprint density at radius 3 is 0.771 bits per heavy atom. The van der Waals surface area contributed by atoms with Crippen LogP contribution in [0.2, 0.25) is 0 Å². The molecule has 0 atom stereocenters. The summed E-state index contributed by atoms with van der Waals surface area (Å²) in [4.78, 5) is 0. The molecule has 7 aromatic carbocycles. The van der Waals surface area contributed by atoms with Gasteiger partial charge in [-0.3, -0.25) is 0 Å². The number of rotatable bonds is 7. The van der Waals surface area contributed by atoms with Crippen LogP contribution >= 0.6 is 35.4 Å². The molecule has 0 bridgehead atoms. The van der Waals surface area contributed by atoms with Crippen molar-refractivity contribution >= 4 is 67.2 Å². The van der Waals surface area contributed by atoms with E-state index in [1.54, 1.807) is 7.11 Å². The Kier molecular flexibility index (Phi) is 17.4. The molecule has 48 heavy (non-hydrogen) atoms. The van der Waals surface area contributed by atoms with E-state index in [9.17, 15) is 0 Å². The Labute approximate surface area is 310 Å². The first-order valence-electron chi connectivity index (χ1n) is 15.5. The molecule has 0 radical (unpaired) electrons. The molecule has 0 aliphatic heterocycles. The third kappa shape index (κ3) is 11.9. The maximum Gasteiger partial charge on any atom is 0.102 e. The summed E-state index contributed by atoms with van der Waals surface area (Å²) in [5.41, 5.74) is 0. The molecule has 0 amide bonds. The van der Waals surface area contributed by atoms with Gasteiger partial charge in [-0.15, -0.1) is 12.1 Å². The molecule has 5 heteroatoms. The van der Waals surface area contributed by atoms with Crippen molar-refractivity contribution in [3.05, 3.63) is 212 Å². The minimum atomic E-state index is -0.877. The standard InChI is InChI=1S/2C18H15P.C7H7O.HI.Pd/c2*1-4-10-16(11-5-1)19(17-12-6-2-7-13-17)18-14-8-3-9-15-18;1-8-7-5-3-2-4-6-7;;/h2*1-15H;2-5H,1H3;1H;/q;;-1;;+2/p+1. The van der Waals surface area contributed by atoms with Gasteiger partial charge in [-0.05, 0) is 72.8 Å². The second kappa shape index (κ2) is 22.3. The number of para-hydroxylation sites is 1. The number of hydrogen-bond donors (Lipinski definition) is 0. The Morgan fingerprint density at radius 2 is 0.604 bits per heavy atom. The maximum absolute atomic E-state index is 4.86. The minimum absolute atomic E-state index is 0.785. The third-order valence-electron chi connectivity index (χ3n) is 7.28. The summed E-state index contributed by atoms with van der Waals surface area (Å²) < 4.78 is 4.86. The van der Waals surface area contributed by atoms with Crippen LogP contribution in [0, 0.1) is 6.07 Å². The predicted octanol–water partition coefficient (Wildman–Crippen LogP) is 8.73. The van der Waals surface area contributed by atoms with Gasteiger partial charge in [0.2, 0.25) is 0 Å². The second-order valence-corrected chi connectivity index (χ2v) is 15.3. The van der Waals surface area contributed by atoms with Crippen molar-refractivity contribution in [1.82, 2.24) is 0 Å². The summed E-state index contributed by atoms with van der Waals surface area (Å²) in [6.07, 6.45) is 0. The molecule has 0 aliphatic carbocycles. The topological polar surface area (TPSA) is 9.23 Å². The molecule has 0 saturated heterocycles. The van der Waals surface area contributed by atoms with E-state index in [2.05, 4.69) is 204 Å². The summed E-state index contributed by atoms with van der Waals surface area (Å²) in [6.45, 7) is 0. The molecule has 0 saturated carbocycles. The predicted molar refractivity (Wildman–Crippen MR) is 219 cm³/mol. The number of methoxy groups -OCH3 is 1. The molecule has 7 rings (SSSR count). The fourth-order valence-electron chi connectivity index (χ4n) is 5.13. The normalized spacial score (nSPS) is 9.96. The van der Waals surface area contributed by atoms with Gasteiger partial charge in [0.25, 0.3) is 0 Å². The van der Waals surface area contributed by atoms with Gasteiger partial charge in [0, 0.05) is 5.75 Å². The van der Waals surface area contributed by atoms with Crippen molar-refractivity contribution in [2.75, 3.05) is 7.11 Å². The molecule has 1 nitrogen and oxygen atoms in total. The summed E-state index contributed by atoms with van der Waals surface area (Å²) in [6, 6.07) is 75.4. The van der Waals surface area contributed by atoms with Gasteiger partial charge in [-0.1, -0.05) is 109 Å². The minimum Gasteiger partial charge on any atom is -0.0620 e. The van der Waals surface area contributed by atoms with Crippen LogP contribution in [-0.4, -0.2) is 7.11 Å². The van der Waals surface area contributed by atoms with Crippen molar-refractivity contribution in [2.45, 2.75) is 0 Å². The van der Waals surface area contributed by atoms with Crippen LogP contribution in [0.15, 0.2) is 206 Å². The molecule has 0 unspecified atom stereocenters. The number of ether oxygens (including phenoxy) is 1. The first-order valence-corrected chi connectivity index (χ1v) is 23.1. The molecule has 0 fully saturated rings. The molecule has 0 aromatic heterocycles. The maximum atomic E-state index is 4.86. The molecule has 0 aliphatic rings. The van der Waals surface area contributed by atoms with Crippen molar-refractivity contribution in [2.24, 2.45) is 0 Å². The average molecular weight is 867 g/mol. The molecule has 242 valence electrons. The van der Waals surface area contributed by atoms with Crippen molar-refractivity contribution in [1.29, 1.82) is 0 Å². The van der Waals surface area contributed by atoms with E-state index in [1.807, 2.05) is 43.8 Å². The van der Waals surface area contributed by atoms with Gasteiger partial charge in [-0.2, -0.15) is 18.2 Å². The van der Waals surface area contributed by atoms with Crippen LogP contribution in [0.1, 0.15) is 0 Å². The monoisotopic (exact) mass is 866 g/mol. The fourth-order valence-corrected chi connectivity index (χ4v) is 10.3. The Morgan fingerprint density at radius 1 is 0.375 bits per heavy atom. The zero-order valence-electron chi connectivity index (χ0n) is 26.7. The van der Waals surface area contributed by atoms with Gasteiger partial charge in [0.15, 0.2) is 0 Å². The van der Waals surface area contributed by atoms with Crippen LogP contribution in [0.25, 0.3) is 0 Å². The summed E-state index contributed by atoms with van der Waals surface area (Å²) >= 11 is 4.72. The van der Waals surface area contributed by atoms with Crippen molar-refractivity contribution < 1.29 is 20.3 Å².